The molecule has 0 spiro atoms. The molecule has 2 aromatic carbocycles. The Hall–Kier alpha value is -5.39. The number of fused-ring (bicyclic) bond motifs is 10. The van der Waals surface area contributed by atoms with Crippen molar-refractivity contribution < 1.29 is 19.0 Å². The van der Waals surface area contributed by atoms with Crippen molar-refractivity contribution >= 4 is 16.9 Å². The average molecular weight is 677 g/mol. The molecule has 6 aromatic rings. The molecule has 0 amide bonds. The number of benzene rings is 2. The zero-order valence-corrected chi connectivity index (χ0v) is 28.9. The first-order valence-electron chi connectivity index (χ1n) is 17.0. The van der Waals surface area contributed by atoms with Crippen LogP contribution in [0.5, 0.6) is 11.5 Å². The predicted octanol–water partition coefficient (Wildman–Crippen LogP) is 7.35. The van der Waals surface area contributed by atoms with Gasteiger partial charge in [0.1, 0.15) is 11.4 Å². The summed E-state index contributed by atoms with van der Waals surface area (Å²) in [5.74, 6) is -0.155. The molecular formula is C38H41FN8O3. The van der Waals surface area contributed by atoms with E-state index in [2.05, 4.69) is 53.2 Å². The van der Waals surface area contributed by atoms with Crippen molar-refractivity contribution in [3.8, 4) is 23.0 Å². The van der Waals surface area contributed by atoms with E-state index >= 15 is 4.39 Å². The fourth-order valence-electron chi connectivity index (χ4n) is 6.94. The highest BCUT2D eigenvalue weighted by atomic mass is 19.1. The van der Waals surface area contributed by atoms with Crippen molar-refractivity contribution in [3.63, 3.8) is 0 Å². The van der Waals surface area contributed by atoms with Crippen LogP contribution in [0, 0.1) is 11.7 Å². The van der Waals surface area contributed by atoms with E-state index in [0.29, 0.717) is 40.6 Å². The number of aliphatic carboxylic acids is 1. The highest BCUT2D eigenvalue weighted by Gasteiger charge is 2.35. The van der Waals surface area contributed by atoms with Crippen LogP contribution in [0.15, 0.2) is 67.1 Å². The average Bonchev–Trinajstić information content (AvgIpc) is 3.85. The van der Waals surface area contributed by atoms with Crippen LogP contribution in [0.25, 0.3) is 22.4 Å². The summed E-state index contributed by atoms with van der Waals surface area (Å²) in [6, 6.07) is 14.9. The largest absolute Gasteiger partial charge is 0.481 e. The Balaban J connectivity index is 1.34. The second-order valence-electron chi connectivity index (χ2n) is 14.3. The molecule has 12 heteroatoms. The van der Waals surface area contributed by atoms with Crippen LogP contribution >= 0.6 is 0 Å². The van der Waals surface area contributed by atoms with Gasteiger partial charge >= 0.3 is 5.97 Å². The molecule has 2 atom stereocenters. The number of halogens is 1. The Morgan fingerprint density at radius 1 is 1.12 bits per heavy atom. The highest BCUT2D eigenvalue weighted by molar-refractivity contribution is 5.85. The number of aromatic nitrogens is 8. The van der Waals surface area contributed by atoms with E-state index in [1.807, 2.05) is 31.4 Å². The first kappa shape index (κ1) is 33.1. The van der Waals surface area contributed by atoms with E-state index in [0.717, 1.165) is 47.9 Å². The van der Waals surface area contributed by atoms with E-state index < -0.39 is 23.1 Å². The number of rotatable bonds is 4. The van der Waals surface area contributed by atoms with Gasteiger partial charge in [-0.25, -0.2) is 18.7 Å². The number of H-pyrrole nitrogens is 1. The lowest BCUT2D eigenvalue weighted by atomic mass is 9.75. The second kappa shape index (κ2) is 12.8. The van der Waals surface area contributed by atoms with Crippen LogP contribution in [0.1, 0.15) is 81.6 Å². The number of nitrogens with one attached hydrogen (secondary N) is 1. The SMILES string of the molecule is C[C@H](Cc1cccc([C@@]2(C)CCCCC(C)(C)c3cn(nn3)Cc3c(c(F)cc4[nH]ccc34)Oc3ccnc(c3)-c3nc2nn3C)c1)C(=O)O. The van der Waals surface area contributed by atoms with Gasteiger partial charge in [0.2, 0.25) is 0 Å². The summed E-state index contributed by atoms with van der Waals surface area (Å²) in [6.45, 7) is 8.48. The van der Waals surface area contributed by atoms with Gasteiger partial charge in [0.15, 0.2) is 23.2 Å². The molecule has 0 radical (unpaired) electrons. The Bertz CT molecular complexity index is 2200. The number of aryl methyl sites for hydroxylation is 1. The molecule has 50 heavy (non-hydrogen) atoms. The summed E-state index contributed by atoms with van der Waals surface area (Å²) in [6.07, 6.45) is 9.19. The third-order valence-corrected chi connectivity index (χ3v) is 10.1. The van der Waals surface area contributed by atoms with Crippen LogP contribution in [-0.2, 0) is 35.6 Å². The Kier molecular flexibility index (Phi) is 8.49. The van der Waals surface area contributed by atoms with Gasteiger partial charge in [-0.2, -0.15) is 5.10 Å². The van der Waals surface area contributed by atoms with Gasteiger partial charge < -0.3 is 14.8 Å². The van der Waals surface area contributed by atoms with Crippen molar-refractivity contribution in [1.82, 2.24) is 39.7 Å². The maximum Gasteiger partial charge on any atom is 0.306 e. The van der Waals surface area contributed by atoms with E-state index in [9.17, 15) is 9.90 Å². The van der Waals surface area contributed by atoms with Crippen molar-refractivity contribution in [2.75, 3.05) is 0 Å². The Morgan fingerprint density at radius 3 is 2.76 bits per heavy atom. The lowest BCUT2D eigenvalue weighted by Crippen LogP contribution is -2.26. The van der Waals surface area contributed by atoms with E-state index in [1.54, 1.807) is 40.8 Å². The smallest absolute Gasteiger partial charge is 0.306 e. The number of carboxylic acid groups (broad SMARTS) is 1. The molecule has 0 fully saturated rings. The summed E-state index contributed by atoms with van der Waals surface area (Å²) in [5, 5.41) is 24.4. The number of carbonyl (C=O) groups is 1. The molecule has 6 bridgehead atoms. The number of nitrogens with zero attached hydrogens (tertiary/aromatic N) is 7. The molecule has 0 aliphatic carbocycles. The van der Waals surface area contributed by atoms with E-state index in [-0.39, 0.29) is 17.7 Å². The molecule has 0 saturated carbocycles. The topological polar surface area (TPSA) is 137 Å². The van der Waals surface area contributed by atoms with E-state index in [1.165, 1.54) is 6.07 Å². The Labute approximate surface area is 289 Å². The zero-order valence-electron chi connectivity index (χ0n) is 28.9. The molecule has 11 nitrogen and oxygen atoms in total. The van der Waals surface area contributed by atoms with Crippen molar-refractivity contribution in [2.45, 2.75) is 77.2 Å². The van der Waals surface area contributed by atoms with Crippen molar-refractivity contribution in [3.05, 3.63) is 101 Å². The Morgan fingerprint density at radius 2 is 1.94 bits per heavy atom. The van der Waals surface area contributed by atoms with Crippen molar-refractivity contribution in [1.29, 1.82) is 0 Å². The molecular weight excluding hydrogens is 635 g/mol. The minimum absolute atomic E-state index is 0.104. The second-order valence-corrected chi connectivity index (χ2v) is 14.3. The minimum atomic E-state index is -0.824. The summed E-state index contributed by atoms with van der Waals surface area (Å²) in [4.78, 5) is 24.5. The molecule has 1 aliphatic rings. The van der Waals surface area contributed by atoms with E-state index in [4.69, 9.17) is 14.8 Å². The molecule has 0 unspecified atom stereocenters. The predicted molar refractivity (Wildman–Crippen MR) is 187 cm³/mol. The zero-order chi connectivity index (χ0) is 35.2. The van der Waals surface area contributed by atoms with Gasteiger partial charge in [0.25, 0.3) is 0 Å². The molecule has 258 valence electrons. The van der Waals surface area contributed by atoms with Crippen LogP contribution in [0.4, 0.5) is 4.39 Å². The van der Waals surface area contributed by atoms with Gasteiger partial charge in [-0.1, -0.05) is 63.1 Å². The number of hydrogen-bond donors (Lipinski definition) is 2. The number of hydrogen-bond acceptors (Lipinski definition) is 7. The quantitative estimate of drug-likeness (QED) is 0.198. The lowest BCUT2D eigenvalue weighted by Gasteiger charge is -2.29. The van der Waals surface area contributed by atoms with Gasteiger partial charge in [0, 0.05) is 59.7 Å². The normalized spacial score (nSPS) is 18.4. The summed E-state index contributed by atoms with van der Waals surface area (Å²) in [7, 11) is 1.84. The summed E-state index contributed by atoms with van der Waals surface area (Å²) in [5.41, 5.74) is 3.80. The maximum atomic E-state index is 15.8. The first-order chi connectivity index (χ1) is 23.9. The summed E-state index contributed by atoms with van der Waals surface area (Å²) < 4.78 is 25.6. The number of pyridine rings is 1. The maximum absolute atomic E-state index is 15.8. The van der Waals surface area contributed by atoms with Gasteiger partial charge in [-0.05, 0) is 49.4 Å². The molecule has 1 aliphatic heterocycles. The first-order valence-corrected chi connectivity index (χ1v) is 17.0. The molecule has 5 heterocycles. The van der Waals surface area contributed by atoms with Crippen molar-refractivity contribution in [2.24, 2.45) is 13.0 Å². The van der Waals surface area contributed by atoms with Gasteiger partial charge in [-0.3, -0.25) is 9.78 Å². The van der Waals surface area contributed by atoms with Crippen LogP contribution < -0.4 is 4.74 Å². The third-order valence-electron chi connectivity index (χ3n) is 10.1. The molecule has 7 rings (SSSR count). The standard InChI is InChI=1S/C38H41FN8O3/c1-23(35(48)49)17-24-9-8-10-25(18-24)38(4)14-7-6-13-37(2,3)32-22-47(45-43-32)21-28-27-12-16-40-30(27)20-29(39)33(28)50-26-11-15-41-31(19-26)34-42-36(38)44-46(34)5/h8-12,15-16,18-20,22-23,40H,6-7,13-14,17,21H2,1-5H3,(H,48,49)/t23-,38-/m1/s1. The number of aromatic amines is 1. The fourth-order valence-corrected chi connectivity index (χ4v) is 6.94. The van der Waals surface area contributed by atoms with Gasteiger partial charge in [0.05, 0.1) is 23.6 Å². The number of ether oxygens (including phenoxy) is 1. The molecule has 0 saturated heterocycles. The lowest BCUT2D eigenvalue weighted by molar-refractivity contribution is -0.141. The highest BCUT2D eigenvalue weighted by Crippen LogP contribution is 2.40. The minimum Gasteiger partial charge on any atom is -0.481 e. The summed E-state index contributed by atoms with van der Waals surface area (Å²) >= 11 is 0. The fraction of sp³-hybridized carbons (Fsp3) is 0.368. The monoisotopic (exact) mass is 676 g/mol. The van der Waals surface area contributed by atoms with Crippen LogP contribution in [0.3, 0.4) is 0 Å². The van der Waals surface area contributed by atoms with Gasteiger partial charge in [-0.15, -0.1) is 5.10 Å². The number of carboxylic acids is 1. The third kappa shape index (κ3) is 6.25. The van der Waals surface area contributed by atoms with Crippen LogP contribution in [-0.4, -0.2) is 50.8 Å². The molecule has 4 aromatic heterocycles. The van der Waals surface area contributed by atoms with Crippen LogP contribution in [0.2, 0.25) is 0 Å². The molecule has 2 N–H and O–H groups in total.